The van der Waals surface area contributed by atoms with Gasteiger partial charge >= 0.3 is 0 Å². The van der Waals surface area contributed by atoms with Crippen LogP contribution in [0.25, 0.3) is 11.3 Å². The molecule has 0 amide bonds. The quantitative estimate of drug-likeness (QED) is 0.680. The molecule has 0 aromatic carbocycles. The molecular weight excluding hydrogens is 378 g/mol. The summed E-state index contributed by atoms with van der Waals surface area (Å²) >= 11 is 0. The highest BCUT2D eigenvalue weighted by molar-refractivity contribution is 7.89. The van der Waals surface area contributed by atoms with Gasteiger partial charge in [-0.1, -0.05) is 5.16 Å². The summed E-state index contributed by atoms with van der Waals surface area (Å²) in [7, 11) is -3.67. The van der Waals surface area contributed by atoms with E-state index in [2.05, 4.69) is 14.9 Å². The fourth-order valence-electron chi connectivity index (χ4n) is 3.81. The molecule has 0 atom stereocenters. The van der Waals surface area contributed by atoms with Gasteiger partial charge in [0.05, 0.1) is 12.2 Å². The van der Waals surface area contributed by atoms with Crippen molar-refractivity contribution in [1.82, 2.24) is 24.6 Å². The van der Waals surface area contributed by atoms with E-state index < -0.39 is 10.0 Å². The Morgan fingerprint density at radius 3 is 2.64 bits per heavy atom. The van der Waals surface area contributed by atoms with Gasteiger partial charge < -0.3 is 4.52 Å². The number of aryl methyl sites for hydroxylation is 2. The van der Waals surface area contributed by atoms with Gasteiger partial charge in [-0.3, -0.25) is 9.67 Å². The van der Waals surface area contributed by atoms with E-state index in [1.54, 1.807) is 26.2 Å². The van der Waals surface area contributed by atoms with Crippen LogP contribution in [0.5, 0.6) is 0 Å². The molecule has 3 heterocycles. The molecule has 28 heavy (non-hydrogen) atoms. The highest BCUT2D eigenvalue weighted by atomic mass is 32.2. The summed E-state index contributed by atoms with van der Waals surface area (Å²) in [6.45, 7) is 3.93. The van der Waals surface area contributed by atoms with Crippen LogP contribution in [0.15, 0.2) is 33.9 Å². The maximum Gasteiger partial charge on any atom is 0.246 e. The average molecular weight is 401 g/mol. The second kappa shape index (κ2) is 7.48. The van der Waals surface area contributed by atoms with Crippen molar-refractivity contribution in [3.63, 3.8) is 0 Å². The highest BCUT2D eigenvalue weighted by Crippen LogP contribution is 2.31. The molecule has 0 fully saturated rings. The first-order valence-electron chi connectivity index (χ1n) is 9.39. The van der Waals surface area contributed by atoms with E-state index in [0.717, 1.165) is 36.9 Å². The molecule has 0 unspecified atom stereocenters. The third kappa shape index (κ3) is 3.47. The molecule has 1 aliphatic carbocycles. The molecule has 0 saturated carbocycles. The molecule has 4 rings (SSSR count). The third-order valence-electron chi connectivity index (χ3n) is 5.06. The number of pyridine rings is 1. The van der Waals surface area contributed by atoms with Gasteiger partial charge in [-0.05, 0) is 51.7 Å². The smallest absolute Gasteiger partial charge is 0.246 e. The van der Waals surface area contributed by atoms with Crippen molar-refractivity contribution in [2.24, 2.45) is 0 Å². The van der Waals surface area contributed by atoms with Crippen LogP contribution in [0, 0.1) is 13.8 Å². The van der Waals surface area contributed by atoms with E-state index in [9.17, 15) is 8.42 Å². The lowest BCUT2D eigenvalue weighted by Crippen LogP contribution is -2.29. The zero-order chi connectivity index (χ0) is 19.7. The number of aromatic nitrogens is 4. The summed E-state index contributed by atoms with van der Waals surface area (Å²) in [5.74, 6) is 0.293. The lowest BCUT2D eigenvalue weighted by atomic mass is 9.94. The van der Waals surface area contributed by atoms with Crippen molar-refractivity contribution in [3.8, 4) is 11.3 Å². The zero-order valence-electron chi connectivity index (χ0n) is 16.0. The third-order valence-corrected chi connectivity index (χ3v) is 6.77. The predicted octanol–water partition coefficient (Wildman–Crippen LogP) is 2.41. The van der Waals surface area contributed by atoms with E-state index >= 15 is 0 Å². The molecular formula is C19H23N5O3S. The van der Waals surface area contributed by atoms with Crippen molar-refractivity contribution < 1.29 is 12.9 Å². The molecule has 9 heteroatoms. The van der Waals surface area contributed by atoms with Crippen LogP contribution >= 0.6 is 0 Å². The Kier molecular flexibility index (Phi) is 5.03. The van der Waals surface area contributed by atoms with Gasteiger partial charge in [0.25, 0.3) is 0 Å². The summed E-state index contributed by atoms with van der Waals surface area (Å²) in [6.07, 6.45) is 7.76. The van der Waals surface area contributed by atoms with Crippen molar-refractivity contribution in [2.75, 3.05) is 6.54 Å². The number of nitrogens with zero attached hydrogens (tertiary/aromatic N) is 4. The summed E-state index contributed by atoms with van der Waals surface area (Å²) in [5, 5.41) is 8.53. The average Bonchev–Trinajstić information content (AvgIpc) is 3.23. The van der Waals surface area contributed by atoms with Gasteiger partial charge in [-0.25, -0.2) is 13.1 Å². The number of hydrogen-bond donors (Lipinski definition) is 1. The largest absolute Gasteiger partial charge is 0.360 e. The monoisotopic (exact) mass is 401 g/mol. The highest BCUT2D eigenvalue weighted by Gasteiger charge is 2.25. The first-order chi connectivity index (χ1) is 13.5. The molecule has 3 aromatic rings. The van der Waals surface area contributed by atoms with Crippen molar-refractivity contribution in [2.45, 2.75) is 51.0 Å². The number of hydrogen-bond acceptors (Lipinski definition) is 6. The molecule has 0 bridgehead atoms. The summed E-state index contributed by atoms with van der Waals surface area (Å²) in [4.78, 5) is 4.20. The minimum absolute atomic E-state index is 0.118. The van der Waals surface area contributed by atoms with Gasteiger partial charge in [0, 0.05) is 35.8 Å². The molecule has 3 aromatic heterocycles. The Bertz CT molecular complexity index is 1070. The van der Waals surface area contributed by atoms with Crippen LogP contribution in [0.1, 0.15) is 35.6 Å². The zero-order valence-corrected chi connectivity index (χ0v) is 16.8. The summed E-state index contributed by atoms with van der Waals surface area (Å²) < 4.78 is 34.8. The number of nitrogens with one attached hydrogen (secondary N) is 1. The van der Waals surface area contributed by atoms with Crippen molar-refractivity contribution in [1.29, 1.82) is 0 Å². The fourth-order valence-corrected chi connectivity index (χ4v) is 5.16. The van der Waals surface area contributed by atoms with Crippen LogP contribution in [-0.2, 0) is 29.4 Å². The number of sulfonamides is 1. The van der Waals surface area contributed by atoms with Crippen LogP contribution in [0.2, 0.25) is 0 Å². The molecule has 0 aliphatic heterocycles. The molecule has 0 spiro atoms. The van der Waals surface area contributed by atoms with Crippen molar-refractivity contribution >= 4 is 10.0 Å². The first kappa shape index (κ1) is 18.8. The predicted molar refractivity (Wildman–Crippen MR) is 103 cm³/mol. The Hall–Kier alpha value is -2.52. The Morgan fingerprint density at radius 2 is 1.93 bits per heavy atom. The fraction of sp³-hybridized carbons (Fsp3) is 0.421. The van der Waals surface area contributed by atoms with Crippen LogP contribution < -0.4 is 4.72 Å². The second-order valence-corrected chi connectivity index (χ2v) is 8.69. The van der Waals surface area contributed by atoms with E-state index in [1.807, 2.05) is 16.8 Å². The molecule has 8 nitrogen and oxygen atoms in total. The molecule has 1 N–H and O–H groups in total. The molecule has 1 aliphatic rings. The maximum atomic E-state index is 12.6. The molecule has 148 valence electrons. The summed E-state index contributed by atoms with van der Waals surface area (Å²) in [6, 6.07) is 3.92. The second-order valence-electron chi connectivity index (χ2n) is 6.99. The van der Waals surface area contributed by atoms with Crippen LogP contribution in [0.3, 0.4) is 0 Å². The van der Waals surface area contributed by atoms with Crippen LogP contribution in [0.4, 0.5) is 0 Å². The molecule has 0 saturated heterocycles. The normalized spacial score (nSPS) is 14.2. The number of fused-ring (bicyclic) bond motifs is 1. The minimum atomic E-state index is -3.67. The van der Waals surface area contributed by atoms with E-state index in [4.69, 9.17) is 9.62 Å². The Labute approximate surface area is 164 Å². The maximum absolute atomic E-state index is 12.6. The van der Waals surface area contributed by atoms with Gasteiger partial charge in [-0.2, -0.15) is 5.10 Å². The molecule has 0 radical (unpaired) electrons. The topological polar surface area (TPSA) is 103 Å². The standard InChI is InChI=1S/C19H23N5O3S/c1-13-19(14(2)27-23-13)28(25,26)21-11-12-24-17-6-4-3-5-16(17)18(22-24)15-7-9-20-10-8-15/h7-10,21H,3-6,11-12H2,1-2H3. The lowest BCUT2D eigenvalue weighted by Gasteiger charge is -2.14. The van der Waals surface area contributed by atoms with Gasteiger partial charge in [0.2, 0.25) is 10.0 Å². The van der Waals surface area contributed by atoms with Crippen LogP contribution in [-0.4, -0.2) is 34.9 Å². The first-order valence-corrected chi connectivity index (χ1v) is 10.9. The van der Waals surface area contributed by atoms with Gasteiger partial charge in [0.15, 0.2) is 5.76 Å². The van der Waals surface area contributed by atoms with E-state index in [1.165, 1.54) is 11.3 Å². The Morgan fingerprint density at radius 1 is 1.18 bits per heavy atom. The van der Waals surface area contributed by atoms with E-state index in [0.29, 0.717) is 18.0 Å². The SMILES string of the molecule is Cc1noc(C)c1S(=O)(=O)NCCn1nc(-c2ccncc2)c2c1CCCC2. The van der Waals surface area contributed by atoms with Crippen molar-refractivity contribution in [3.05, 3.63) is 47.2 Å². The van der Waals surface area contributed by atoms with Gasteiger partial charge in [-0.15, -0.1) is 0 Å². The number of rotatable bonds is 6. The van der Waals surface area contributed by atoms with E-state index in [-0.39, 0.29) is 11.4 Å². The Balaban J connectivity index is 1.55. The van der Waals surface area contributed by atoms with Gasteiger partial charge in [0.1, 0.15) is 10.6 Å². The lowest BCUT2D eigenvalue weighted by molar-refractivity contribution is 0.390. The summed E-state index contributed by atoms with van der Waals surface area (Å²) in [5.41, 5.74) is 4.86. The minimum Gasteiger partial charge on any atom is -0.360 e.